The van der Waals surface area contributed by atoms with Crippen molar-refractivity contribution < 1.29 is 19.4 Å². The summed E-state index contributed by atoms with van der Waals surface area (Å²) in [5.41, 5.74) is 1.39. The van der Waals surface area contributed by atoms with E-state index in [1.807, 2.05) is 32.0 Å². The Labute approximate surface area is 160 Å². The number of β-amino-alcohol motifs (C(OH)–C–C–N with tert-alkyl or cyclic N) is 1. The molecule has 6 heteroatoms. The van der Waals surface area contributed by atoms with Crippen molar-refractivity contribution in [3.05, 3.63) is 29.3 Å². The molecule has 1 atom stereocenters. The lowest BCUT2D eigenvalue weighted by Crippen LogP contribution is -2.48. The predicted octanol–water partition coefficient (Wildman–Crippen LogP) is 3.08. The van der Waals surface area contributed by atoms with Gasteiger partial charge in [0, 0.05) is 0 Å². The van der Waals surface area contributed by atoms with Gasteiger partial charge in [-0.1, -0.05) is 38.2 Å². The number of aliphatic hydroxyl groups is 1. The molecule has 3 rings (SSSR count). The number of hydrogen-bond acceptors (Lipinski definition) is 4. The quantitative estimate of drug-likeness (QED) is 0.777. The van der Waals surface area contributed by atoms with Crippen molar-refractivity contribution in [1.29, 1.82) is 0 Å². The highest BCUT2D eigenvalue weighted by Gasteiger charge is 2.50. The Hall–Kier alpha value is -2.08. The van der Waals surface area contributed by atoms with Gasteiger partial charge in [0.2, 0.25) is 0 Å². The molecular formula is C21H30N2O4. The molecular weight excluding hydrogens is 344 g/mol. The lowest BCUT2D eigenvalue weighted by atomic mass is 9.84. The van der Waals surface area contributed by atoms with Gasteiger partial charge in [0.1, 0.15) is 24.0 Å². The zero-order valence-electron chi connectivity index (χ0n) is 16.3. The molecule has 2 fully saturated rings. The second kappa shape index (κ2) is 8.30. The Morgan fingerprint density at radius 1 is 1.07 bits per heavy atom. The summed E-state index contributed by atoms with van der Waals surface area (Å²) in [5.74, 6) is 0.486. The molecule has 0 aromatic heterocycles. The number of rotatable bonds is 5. The van der Waals surface area contributed by atoms with Crippen LogP contribution in [0.3, 0.4) is 0 Å². The van der Waals surface area contributed by atoms with E-state index in [9.17, 15) is 14.7 Å². The summed E-state index contributed by atoms with van der Waals surface area (Å²) in [6.07, 6.45) is 5.71. The molecule has 1 aliphatic heterocycles. The van der Waals surface area contributed by atoms with Crippen LogP contribution in [0, 0.1) is 13.8 Å². The molecule has 1 unspecified atom stereocenters. The average molecular weight is 374 g/mol. The van der Waals surface area contributed by atoms with Gasteiger partial charge < -0.3 is 15.2 Å². The molecule has 1 spiro atoms. The van der Waals surface area contributed by atoms with Crippen LogP contribution in [0.4, 0.5) is 4.79 Å². The average Bonchev–Trinajstić information content (AvgIpc) is 2.81. The van der Waals surface area contributed by atoms with Gasteiger partial charge in [-0.15, -0.1) is 0 Å². The number of amides is 3. The predicted molar refractivity (Wildman–Crippen MR) is 103 cm³/mol. The molecule has 1 saturated carbocycles. The number of hydrogen-bond donors (Lipinski definition) is 2. The fourth-order valence-corrected chi connectivity index (χ4v) is 4.16. The van der Waals surface area contributed by atoms with Gasteiger partial charge in [-0.05, 0) is 49.9 Å². The van der Waals surface area contributed by atoms with E-state index in [0.29, 0.717) is 18.6 Å². The van der Waals surface area contributed by atoms with Crippen LogP contribution in [-0.4, -0.2) is 46.7 Å². The minimum absolute atomic E-state index is 0.0347. The fraction of sp³-hybridized carbons (Fsp3) is 0.619. The van der Waals surface area contributed by atoms with Crippen LogP contribution in [0.1, 0.15) is 56.1 Å². The molecule has 1 aromatic rings. The Morgan fingerprint density at radius 2 is 1.67 bits per heavy atom. The first-order valence-corrected chi connectivity index (χ1v) is 9.93. The molecule has 0 radical (unpaired) electrons. The molecule has 1 heterocycles. The summed E-state index contributed by atoms with van der Waals surface area (Å²) in [4.78, 5) is 26.5. The van der Waals surface area contributed by atoms with Gasteiger partial charge in [-0.25, -0.2) is 4.79 Å². The standard InChI is InChI=1S/C21H30N2O4/c1-15-10-16(2)12-18(11-15)27-14-17(24)13-23-19(25)21(22-20(23)26)8-6-4-3-5-7-9-21/h10-12,17,24H,3-9,13-14H2,1-2H3,(H,22,26). The first-order valence-electron chi connectivity index (χ1n) is 9.93. The van der Waals surface area contributed by atoms with Gasteiger partial charge in [-0.2, -0.15) is 0 Å². The number of urea groups is 1. The topological polar surface area (TPSA) is 78.9 Å². The van der Waals surface area contributed by atoms with E-state index in [0.717, 1.165) is 41.7 Å². The van der Waals surface area contributed by atoms with Crippen LogP contribution in [0.15, 0.2) is 18.2 Å². The third-order valence-corrected chi connectivity index (χ3v) is 5.48. The molecule has 27 heavy (non-hydrogen) atoms. The van der Waals surface area contributed by atoms with Crippen LogP contribution >= 0.6 is 0 Å². The first-order chi connectivity index (χ1) is 12.9. The van der Waals surface area contributed by atoms with Crippen LogP contribution in [-0.2, 0) is 4.79 Å². The lowest BCUT2D eigenvalue weighted by molar-refractivity contribution is -0.133. The van der Waals surface area contributed by atoms with Crippen molar-refractivity contribution in [2.24, 2.45) is 0 Å². The Balaban J connectivity index is 1.59. The van der Waals surface area contributed by atoms with Gasteiger partial charge in [0.25, 0.3) is 5.91 Å². The molecule has 1 aromatic carbocycles. The maximum absolute atomic E-state index is 12.9. The van der Waals surface area contributed by atoms with Gasteiger partial charge in [0.05, 0.1) is 6.54 Å². The highest BCUT2D eigenvalue weighted by molar-refractivity contribution is 6.07. The number of carbonyl (C=O) groups is 2. The monoisotopic (exact) mass is 374 g/mol. The number of nitrogens with zero attached hydrogens (tertiary/aromatic N) is 1. The van der Waals surface area contributed by atoms with Crippen molar-refractivity contribution in [2.45, 2.75) is 70.4 Å². The van der Waals surface area contributed by atoms with E-state index >= 15 is 0 Å². The number of carbonyl (C=O) groups excluding carboxylic acids is 2. The minimum atomic E-state index is -0.927. The summed E-state index contributed by atoms with van der Waals surface area (Å²) in [6.45, 7) is 3.96. The number of aliphatic hydroxyl groups excluding tert-OH is 1. The highest BCUT2D eigenvalue weighted by Crippen LogP contribution is 2.32. The summed E-state index contributed by atoms with van der Waals surface area (Å²) in [6, 6.07) is 5.45. The first kappa shape index (κ1) is 19.7. The molecule has 148 valence electrons. The number of imide groups is 1. The van der Waals surface area contributed by atoms with Crippen molar-refractivity contribution in [3.63, 3.8) is 0 Å². The summed E-state index contributed by atoms with van der Waals surface area (Å²) >= 11 is 0. The van der Waals surface area contributed by atoms with E-state index in [4.69, 9.17) is 4.74 Å². The lowest BCUT2D eigenvalue weighted by Gasteiger charge is -2.28. The van der Waals surface area contributed by atoms with Crippen molar-refractivity contribution in [1.82, 2.24) is 10.2 Å². The number of benzene rings is 1. The largest absolute Gasteiger partial charge is 0.491 e. The Bertz CT molecular complexity index is 675. The van der Waals surface area contributed by atoms with Crippen molar-refractivity contribution >= 4 is 11.9 Å². The maximum atomic E-state index is 12.9. The number of aryl methyl sites for hydroxylation is 2. The van der Waals surface area contributed by atoms with E-state index in [1.165, 1.54) is 6.42 Å². The fourth-order valence-electron chi connectivity index (χ4n) is 4.16. The van der Waals surface area contributed by atoms with Crippen LogP contribution in [0.25, 0.3) is 0 Å². The molecule has 2 aliphatic rings. The van der Waals surface area contributed by atoms with Gasteiger partial charge in [0.15, 0.2) is 0 Å². The summed E-state index contributed by atoms with van der Waals surface area (Å²) in [5, 5.41) is 13.3. The zero-order chi connectivity index (χ0) is 19.4. The Kier molecular flexibility index (Phi) is 6.05. The minimum Gasteiger partial charge on any atom is -0.491 e. The zero-order valence-corrected chi connectivity index (χ0v) is 16.3. The maximum Gasteiger partial charge on any atom is 0.325 e. The molecule has 0 bridgehead atoms. The SMILES string of the molecule is Cc1cc(C)cc(OCC(O)CN2C(=O)NC3(CCCCCCC3)C2=O)c1. The van der Waals surface area contributed by atoms with Crippen LogP contribution in [0.5, 0.6) is 5.75 Å². The van der Waals surface area contributed by atoms with Crippen LogP contribution < -0.4 is 10.1 Å². The second-order valence-electron chi connectivity index (χ2n) is 7.98. The summed E-state index contributed by atoms with van der Waals surface area (Å²) in [7, 11) is 0. The Morgan fingerprint density at radius 3 is 2.30 bits per heavy atom. The number of ether oxygens (including phenoxy) is 1. The molecule has 1 aliphatic carbocycles. The van der Waals surface area contributed by atoms with Crippen molar-refractivity contribution in [2.75, 3.05) is 13.2 Å². The van der Waals surface area contributed by atoms with Crippen LogP contribution in [0.2, 0.25) is 0 Å². The third-order valence-electron chi connectivity index (χ3n) is 5.48. The van der Waals surface area contributed by atoms with Gasteiger partial charge in [-0.3, -0.25) is 9.69 Å². The van der Waals surface area contributed by atoms with E-state index in [-0.39, 0.29) is 19.1 Å². The van der Waals surface area contributed by atoms with E-state index in [1.54, 1.807) is 0 Å². The molecule has 2 N–H and O–H groups in total. The normalized spacial score (nSPS) is 20.9. The van der Waals surface area contributed by atoms with Crippen molar-refractivity contribution in [3.8, 4) is 5.75 Å². The molecule has 6 nitrogen and oxygen atoms in total. The van der Waals surface area contributed by atoms with E-state index < -0.39 is 17.7 Å². The summed E-state index contributed by atoms with van der Waals surface area (Å²) < 4.78 is 5.66. The molecule has 3 amide bonds. The number of nitrogens with one attached hydrogen (secondary N) is 1. The van der Waals surface area contributed by atoms with E-state index in [2.05, 4.69) is 5.32 Å². The smallest absolute Gasteiger partial charge is 0.325 e. The highest BCUT2D eigenvalue weighted by atomic mass is 16.5. The second-order valence-corrected chi connectivity index (χ2v) is 7.98. The molecule has 1 saturated heterocycles. The van der Waals surface area contributed by atoms with Gasteiger partial charge >= 0.3 is 6.03 Å². The third kappa shape index (κ3) is 4.61.